The number of carbonyl (C=O) groups is 2. The summed E-state index contributed by atoms with van der Waals surface area (Å²) in [5.74, 6) is 0.543. The molecule has 6 nitrogen and oxygen atoms in total. The van der Waals surface area contributed by atoms with Crippen LogP contribution in [0, 0.1) is 5.92 Å². The van der Waals surface area contributed by atoms with Crippen LogP contribution in [0.4, 0.5) is 10.5 Å². The van der Waals surface area contributed by atoms with Crippen LogP contribution < -0.4 is 10.6 Å². The smallest absolute Gasteiger partial charge is 0.321 e. The van der Waals surface area contributed by atoms with E-state index in [0.717, 1.165) is 32.5 Å². The highest BCUT2D eigenvalue weighted by atomic mass is 16.2. The van der Waals surface area contributed by atoms with Crippen molar-refractivity contribution in [3.8, 4) is 0 Å². The maximum absolute atomic E-state index is 12.7. The SMILES string of the molecule is CNCC1CCCN(C(=O)c2cccc(NC(=O)N(C)C)c2)C1. The number of piperidine rings is 1. The zero-order chi connectivity index (χ0) is 16.8. The highest BCUT2D eigenvalue weighted by molar-refractivity contribution is 5.96. The topological polar surface area (TPSA) is 64.7 Å². The van der Waals surface area contributed by atoms with Crippen LogP contribution in [0.15, 0.2) is 24.3 Å². The van der Waals surface area contributed by atoms with E-state index in [9.17, 15) is 9.59 Å². The average Bonchev–Trinajstić information content (AvgIpc) is 2.55. The Kier molecular flexibility index (Phi) is 5.98. The van der Waals surface area contributed by atoms with Gasteiger partial charge in [-0.15, -0.1) is 0 Å². The third-order valence-corrected chi connectivity index (χ3v) is 4.07. The number of amides is 3. The number of likely N-dealkylation sites (tertiary alicyclic amines) is 1. The highest BCUT2D eigenvalue weighted by Gasteiger charge is 2.24. The zero-order valence-corrected chi connectivity index (χ0v) is 14.1. The Bertz CT molecular complexity index is 557. The fraction of sp³-hybridized carbons (Fsp3) is 0.529. The number of nitrogens with one attached hydrogen (secondary N) is 2. The maximum Gasteiger partial charge on any atom is 0.321 e. The molecule has 23 heavy (non-hydrogen) atoms. The Morgan fingerprint density at radius 2 is 2.13 bits per heavy atom. The molecule has 0 aromatic heterocycles. The van der Waals surface area contributed by atoms with E-state index >= 15 is 0 Å². The van der Waals surface area contributed by atoms with Crippen molar-refractivity contribution < 1.29 is 9.59 Å². The molecule has 1 unspecified atom stereocenters. The first-order valence-corrected chi connectivity index (χ1v) is 8.03. The molecule has 0 bridgehead atoms. The van der Waals surface area contributed by atoms with E-state index < -0.39 is 0 Å². The zero-order valence-electron chi connectivity index (χ0n) is 14.1. The van der Waals surface area contributed by atoms with Crippen LogP contribution in [0.25, 0.3) is 0 Å². The molecule has 6 heteroatoms. The van der Waals surface area contributed by atoms with Gasteiger partial charge < -0.3 is 20.4 Å². The molecule has 2 N–H and O–H groups in total. The second-order valence-corrected chi connectivity index (χ2v) is 6.22. The van der Waals surface area contributed by atoms with Crippen molar-refractivity contribution >= 4 is 17.6 Å². The molecule has 1 fully saturated rings. The predicted molar refractivity (Wildman–Crippen MR) is 91.7 cm³/mol. The van der Waals surface area contributed by atoms with Gasteiger partial charge in [-0.25, -0.2) is 4.79 Å². The van der Waals surface area contributed by atoms with Gasteiger partial charge >= 0.3 is 6.03 Å². The summed E-state index contributed by atoms with van der Waals surface area (Å²) in [6, 6.07) is 6.92. The highest BCUT2D eigenvalue weighted by Crippen LogP contribution is 2.19. The molecule has 2 rings (SSSR count). The summed E-state index contributed by atoms with van der Waals surface area (Å²) in [6.45, 7) is 2.52. The maximum atomic E-state index is 12.7. The molecule has 1 aromatic rings. The fourth-order valence-corrected chi connectivity index (χ4v) is 2.85. The van der Waals surface area contributed by atoms with E-state index in [4.69, 9.17) is 0 Å². The molecule has 1 saturated heterocycles. The number of urea groups is 1. The molecule has 1 aliphatic rings. The van der Waals surface area contributed by atoms with Gasteiger partial charge in [-0.2, -0.15) is 0 Å². The van der Waals surface area contributed by atoms with Crippen molar-refractivity contribution in [1.82, 2.24) is 15.1 Å². The minimum atomic E-state index is -0.207. The van der Waals surface area contributed by atoms with E-state index in [2.05, 4.69) is 10.6 Å². The van der Waals surface area contributed by atoms with Crippen molar-refractivity contribution in [3.05, 3.63) is 29.8 Å². The third-order valence-electron chi connectivity index (χ3n) is 4.07. The Morgan fingerprint density at radius 1 is 1.35 bits per heavy atom. The first-order valence-electron chi connectivity index (χ1n) is 8.03. The second-order valence-electron chi connectivity index (χ2n) is 6.22. The van der Waals surface area contributed by atoms with Gasteiger partial charge in [-0.05, 0) is 50.6 Å². The molecular formula is C17H26N4O2. The lowest BCUT2D eigenvalue weighted by atomic mass is 9.97. The first-order chi connectivity index (χ1) is 11.0. The van der Waals surface area contributed by atoms with Gasteiger partial charge in [0.05, 0.1) is 0 Å². The van der Waals surface area contributed by atoms with Crippen LogP contribution in [-0.4, -0.2) is 62.5 Å². The lowest BCUT2D eigenvalue weighted by molar-refractivity contribution is 0.0674. The molecule has 126 valence electrons. The molecule has 3 amide bonds. The fourth-order valence-electron chi connectivity index (χ4n) is 2.85. The average molecular weight is 318 g/mol. The van der Waals surface area contributed by atoms with Crippen molar-refractivity contribution in [3.63, 3.8) is 0 Å². The van der Waals surface area contributed by atoms with Crippen LogP contribution >= 0.6 is 0 Å². The molecule has 0 saturated carbocycles. The largest absolute Gasteiger partial charge is 0.338 e. The lowest BCUT2D eigenvalue weighted by Crippen LogP contribution is -2.42. The van der Waals surface area contributed by atoms with Gasteiger partial charge in [0, 0.05) is 38.4 Å². The van der Waals surface area contributed by atoms with Crippen LogP contribution in [-0.2, 0) is 0 Å². The second kappa shape index (κ2) is 7.97. The van der Waals surface area contributed by atoms with Crippen LogP contribution in [0.5, 0.6) is 0 Å². The van der Waals surface area contributed by atoms with Crippen LogP contribution in [0.1, 0.15) is 23.2 Å². The first kappa shape index (κ1) is 17.3. The number of carbonyl (C=O) groups excluding carboxylic acids is 2. The van der Waals surface area contributed by atoms with E-state index in [1.165, 1.54) is 4.90 Å². The number of rotatable bonds is 4. The molecule has 0 spiro atoms. The Labute approximate surface area is 137 Å². The van der Waals surface area contributed by atoms with E-state index in [-0.39, 0.29) is 11.9 Å². The molecular weight excluding hydrogens is 292 g/mol. The standard InChI is InChI=1S/C17H26N4O2/c1-18-11-13-6-5-9-21(12-13)16(22)14-7-4-8-15(10-14)19-17(23)20(2)3/h4,7-8,10,13,18H,5-6,9,11-12H2,1-3H3,(H,19,23). The summed E-state index contributed by atoms with van der Waals surface area (Å²) in [4.78, 5) is 27.8. The minimum Gasteiger partial charge on any atom is -0.338 e. The van der Waals surface area contributed by atoms with Gasteiger partial charge in [0.1, 0.15) is 0 Å². The van der Waals surface area contributed by atoms with E-state index in [0.29, 0.717) is 17.2 Å². The Hall–Kier alpha value is -2.08. The van der Waals surface area contributed by atoms with Gasteiger partial charge in [0.2, 0.25) is 0 Å². The molecule has 1 atom stereocenters. The summed E-state index contributed by atoms with van der Waals surface area (Å²) < 4.78 is 0. The van der Waals surface area contributed by atoms with Gasteiger partial charge in [0.15, 0.2) is 0 Å². The predicted octanol–water partition coefficient (Wildman–Crippen LogP) is 1.85. The normalized spacial score (nSPS) is 17.7. The summed E-state index contributed by atoms with van der Waals surface area (Å²) in [5, 5.41) is 5.96. The summed E-state index contributed by atoms with van der Waals surface area (Å²) in [7, 11) is 5.30. The summed E-state index contributed by atoms with van der Waals surface area (Å²) >= 11 is 0. The monoisotopic (exact) mass is 318 g/mol. The lowest BCUT2D eigenvalue weighted by Gasteiger charge is -2.32. The molecule has 1 aliphatic heterocycles. The van der Waals surface area contributed by atoms with Crippen molar-refractivity contribution in [1.29, 1.82) is 0 Å². The molecule has 0 radical (unpaired) electrons. The number of nitrogens with zero attached hydrogens (tertiary/aromatic N) is 2. The number of hydrogen-bond donors (Lipinski definition) is 2. The van der Waals surface area contributed by atoms with Gasteiger partial charge in [0.25, 0.3) is 5.91 Å². The minimum absolute atomic E-state index is 0.0340. The van der Waals surface area contributed by atoms with Crippen LogP contribution in [0.3, 0.4) is 0 Å². The quantitative estimate of drug-likeness (QED) is 0.890. The van der Waals surface area contributed by atoms with Gasteiger partial charge in [-0.3, -0.25) is 4.79 Å². The molecule has 0 aliphatic carbocycles. The van der Waals surface area contributed by atoms with Crippen molar-refractivity contribution in [2.24, 2.45) is 5.92 Å². The Morgan fingerprint density at radius 3 is 2.83 bits per heavy atom. The van der Waals surface area contributed by atoms with Crippen molar-refractivity contribution in [2.75, 3.05) is 46.1 Å². The summed E-state index contributed by atoms with van der Waals surface area (Å²) in [5.41, 5.74) is 1.25. The molecule has 1 heterocycles. The summed E-state index contributed by atoms with van der Waals surface area (Å²) in [6.07, 6.45) is 2.19. The van der Waals surface area contributed by atoms with Gasteiger partial charge in [-0.1, -0.05) is 6.07 Å². The number of benzene rings is 1. The van der Waals surface area contributed by atoms with Crippen molar-refractivity contribution in [2.45, 2.75) is 12.8 Å². The third kappa shape index (κ3) is 4.69. The van der Waals surface area contributed by atoms with E-state index in [1.807, 2.05) is 11.9 Å². The molecule has 1 aromatic carbocycles. The van der Waals surface area contributed by atoms with E-state index in [1.54, 1.807) is 38.4 Å². The van der Waals surface area contributed by atoms with Crippen LogP contribution in [0.2, 0.25) is 0 Å². The number of hydrogen-bond acceptors (Lipinski definition) is 3. The Balaban J connectivity index is 2.05. The number of anilines is 1.